The van der Waals surface area contributed by atoms with E-state index in [2.05, 4.69) is 26.8 Å². The maximum absolute atomic E-state index is 11.6. The van der Waals surface area contributed by atoms with Crippen molar-refractivity contribution in [2.75, 3.05) is 6.61 Å². The monoisotopic (exact) mass is 394 g/mol. The third-order valence-corrected chi connectivity index (χ3v) is 4.49. The van der Waals surface area contributed by atoms with E-state index in [0.717, 1.165) is 14.9 Å². The molecule has 1 aromatic carbocycles. The van der Waals surface area contributed by atoms with Crippen molar-refractivity contribution in [3.05, 3.63) is 56.7 Å². The zero-order valence-electron chi connectivity index (χ0n) is 12.3. The van der Waals surface area contributed by atoms with Crippen molar-refractivity contribution in [1.82, 2.24) is 10.9 Å². The molecule has 2 N–H and O–H groups in total. The lowest BCUT2D eigenvalue weighted by atomic mass is 10.2. The van der Waals surface area contributed by atoms with Gasteiger partial charge in [-0.3, -0.25) is 20.4 Å². The van der Waals surface area contributed by atoms with Gasteiger partial charge in [0.1, 0.15) is 5.75 Å². The van der Waals surface area contributed by atoms with Gasteiger partial charge in [-0.15, -0.1) is 11.3 Å². The van der Waals surface area contributed by atoms with Gasteiger partial charge in [0.25, 0.3) is 11.8 Å². The molecule has 0 saturated carbocycles. The molecule has 120 valence electrons. The number of hydrogen-bond donors (Lipinski definition) is 2. The van der Waals surface area contributed by atoms with Crippen LogP contribution in [0.1, 0.15) is 10.4 Å². The van der Waals surface area contributed by atoms with E-state index in [1.54, 1.807) is 12.1 Å². The third kappa shape index (κ3) is 5.88. The summed E-state index contributed by atoms with van der Waals surface area (Å²) in [4.78, 5) is 24.1. The molecule has 7 heteroatoms. The molecule has 0 unspecified atom stereocenters. The van der Waals surface area contributed by atoms with Crippen molar-refractivity contribution in [3.8, 4) is 5.75 Å². The van der Waals surface area contributed by atoms with Crippen LogP contribution in [0, 0.1) is 6.92 Å². The van der Waals surface area contributed by atoms with Crippen molar-refractivity contribution in [3.63, 3.8) is 0 Å². The first-order chi connectivity index (χ1) is 11.0. The maximum atomic E-state index is 11.6. The molecule has 2 amide bonds. The Morgan fingerprint density at radius 2 is 2.13 bits per heavy atom. The average Bonchev–Trinajstić information content (AvgIpc) is 3.05. The minimum absolute atomic E-state index is 0.185. The number of carbonyl (C=O) groups is 2. The van der Waals surface area contributed by atoms with E-state index in [9.17, 15) is 9.59 Å². The Hall–Kier alpha value is -2.12. The SMILES string of the molecule is Cc1cc(OCC(=O)NNC(=O)/C=C/c2cccs2)ccc1Br. The van der Waals surface area contributed by atoms with Gasteiger partial charge in [0.05, 0.1) is 0 Å². The van der Waals surface area contributed by atoms with Crippen LogP contribution < -0.4 is 15.6 Å². The summed E-state index contributed by atoms with van der Waals surface area (Å²) in [5.74, 6) is -0.264. The van der Waals surface area contributed by atoms with Crippen molar-refractivity contribution in [2.24, 2.45) is 0 Å². The number of amides is 2. The van der Waals surface area contributed by atoms with E-state index >= 15 is 0 Å². The zero-order valence-corrected chi connectivity index (χ0v) is 14.7. The maximum Gasteiger partial charge on any atom is 0.276 e. The highest BCUT2D eigenvalue weighted by Crippen LogP contribution is 2.21. The summed E-state index contributed by atoms with van der Waals surface area (Å²) in [6.07, 6.45) is 3.03. The summed E-state index contributed by atoms with van der Waals surface area (Å²) >= 11 is 4.91. The van der Waals surface area contributed by atoms with Crippen LogP contribution in [-0.4, -0.2) is 18.4 Å². The van der Waals surface area contributed by atoms with Crippen molar-refractivity contribution >= 4 is 45.2 Å². The van der Waals surface area contributed by atoms with Crippen molar-refractivity contribution in [1.29, 1.82) is 0 Å². The number of hydrazine groups is 1. The summed E-state index contributed by atoms with van der Waals surface area (Å²) in [7, 11) is 0. The van der Waals surface area contributed by atoms with Gasteiger partial charge in [-0.05, 0) is 48.2 Å². The molecule has 0 fully saturated rings. The number of benzene rings is 1. The van der Waals surface area contributed by atoms with Crippen LogP contribution in [0.5, 0.6) is 5.75 Å². The molecule has 2 rings (SSSR count). The molecular formula is C16H15BrN2O3S. The van der Waals surface area contributed by atoms with Crippen LogP contribution in [0.25, 0.3) is 6.08 Å². The van der Waals surface area contributed by atoms with Crippen LogP contribution in [0.3, 0.4) is 0 Å². The molecule has 0 aliphatic heterocycles. The van der Waals surface area contributed by atoms with Crippen LogP contribution in [-0.2, 0) is 9.59 Å². The summed E-state index contributed by atoms with van der Waals surface area (Å²) < 4.78 is 6.33. The Kier molecular flexibility index (Phi) is 6.37. The second-order valence-corrected chi connectivity index (χ2v) is 6.42. The van der Waals surface area contributed by atoms with Crippen LogP contribution >= 0.6 is 27.3 Å². The number of nitrogens with one attached hydrogen (secondary N) is 2. The van der Waals surface area contributed by atoms with Gasteiger partial charge in [-0.2, -0.15) is 0 Å². The fraction of sp³-hybridized carbons (Fsp3) is 0.125. The number of hydrogen-bond acceptors (Lipinski definition) is 4. The van der Waals surface area contributed by atoms with E-state index in [-0.39, 0.29) is 6.61 Å². The second-order valence-electron chi connectivity index (χ2n) is 4.59. The van der Waals surface area contributed by atoms with Gasteiger partial charge in [-0.25, -0.2) is 0 Å². The van der Waals surface area contributed by atoms with E-state index in [0.29, 0.717) is 5.75 Å². The molecule has 0 spiro atoms. The van der Waals surface area contributed by atoms with Gasteiger partial charge in [0, 0.05) is 15.4 Å². The summed E-state index contributed by atoms with van der Waals surface area (Å²) in [5.41, 5.74) is 5.59. The molecule has 5 nitrogen and oxygen atoms in total. The van der Waals surface area contributed by atoms with E-state index in [1.165, 1.54) is 17.4 Å². The smallest absolute Gasteiger partial charge is 0.276 e. The molecule has 2 aromatic rings. The molecule has 1 heterocycles. The molecule has 0 radical (unpaired) electrons. The van der Waals surface area contributed by atoms with E-state index < -0.39 is 11.8 Å². The number of carbonyl (C=O) groups excluding carboxylic acids is 2. The highest BCUT2D eigenvalue weighted by molar-refractivity contribution is 9.10. The first-order valence-electron chi connectivity index (χ1n) is 6.74. The lowest BCUT2D eigenvalue weighted by Gasteiger charge is -2.08. The fourth-order valence-corrected chi connectivity index (χ4v) is 2.47. The Morgan fingerprint density at radius 1 is 1.30 bits per heavy atom. The van der Waals surface area contributed by atoms with Gasteiger partial charge in [-0.1, -0.05) is 22.0 Å². The van der Waals surface area contributed by atoms with Crippen molar-refractivity contribution < 1.29 is 14.3 Å². The van der Waals surface area contributed by atoms with E-state index in [1.807, 2.05) is 36.6 Å². The predicted octanol–water partition coefficient (Wildman–Crippen LogP) is 3.06. The first-order valence-corrected chi connectivity index (χ1v) is 8.41. The Bertz CT molecular complexity index is 714. The Balaban J connectivity index is 1.72. The first kappa shape index (κ1) is 17.2. The van der Waals surface area contributed by atoms with Gasteiger partial charge in [0.15, 0.2) is 6.61 Å². The normalized spacial score (nSPS) is 10.5. The summed E-state index contributed by atoms with van der Waals surface area (Å²) in [6, 6.07) is 9.21. The summed E-state index contributed by atoms with van der Waals surface area (Å²) in [5, 5.41) is 1.92. The molecule has 0 aliphatic rings. The standard InChI is InChI=1S/C16H15BrN2O3S/c1-11-9-12(4-6-14(11)17)22-10-16(21)19-18-15(20)7-5-13-3-2-8-23-13/h2-9H,10H2,1H3,(H,18,20)(H,19,21)/b7-5+. The number of thiophene rings is 1. The lowest BCUT2D eigenvalue weighted by molar-refractivity contribution is -0.128. The largest absolute Gasteiger partial charge is 0.484 e. The van der Waals surface area contributed by atoms with Crippen LogP contribution in [0.2, 0.25) is 0 Å². The lowest BCUT2D eigenvalue weighted by Crippen LogP contribution is -2.43. The third-order valence-electron chi connectivity index (χ3n) is 2.77. The number of rotatable bonds is 5. The molecule has 0 aliphatic carbocycles. The zero-order chi connectivity index (χ0) is 16.7. The van der Waals surface area contributed by atoms with Crippen LogP contribution in [0.4, 0.5) is 0 Å². The molecule has 0 bridgehead atoms. The van der Waals surface area contributed by atoms with Crippen LogP contribution in [0.15, 0.2) is 46.3 Å². The topological polar surface area (TPSA) is 67.4 Å². The second kappa shape index (κ2) is 8.50. The predicted molar refractivity (Wildman–Crippen MR) is 94.0 cm³/mol. The van der Waals surface area contributed by atoms with Gasteiger partial charge >= 0.3 is 0 Å². The Morgan fingerprint density at radius 3 is 2.83 bits per heavy atom. The summed E-state index contributed by atoms with van der Waals surface area (Å²) in [6.45, 7) is 1.74. The highest BCUT2D eigenvalue weighted by Gasteiger charge is 2.05. The van der Waals surface area contributed by atoms with Gasteiger partial charge < -0.3 is 4.74 Å². The average molecular weight is 395 g/mol. The number of ether oxygens (including phenoxy) is 1. The minimum Gasteiger partial charge on any atom is -0.484 e. The molecule has 0 atom stereocenters. The number of aryl methyl sites for hydroxylation is 1. The van der Waals surface area contributed by atoms with Gasteiger partial charge in [0.2, 0.25) is 0 Å². The minimum atomic E-state index is -0.441. The molecular weight excluding hydrogens is 380 g/mol. The van der Waals surface area contributed by atoms with Crippen molar-refractivity contribution in [2.45, 2.75) is 6.92 Å². The molecule has 23 heavy (non-hydrogen) atoms. The molecule has 0 saturated heterocycles. The fourth-order valence-electron chi connectivity index (χ4n) is 1.61. The Labute approximate surface area is 146 Å². The number of halogens is 1. The quantitative estimate of drug-likeness (QED) is 0.604. The highest BCUT2D eigenvalue weighted by atomic mass is 79.9. The molecule has 1 aromatic heterocycles. The van der Waals surface area contributed by atoms with E-state index in [4.69, 9.17) is 4.74 Å².